The average molecular weight is 352 g/mol. The summed E-state index contributed by atoms with van der Waals surface area (Å²) in [6.45, 7) is 2.64. The van der Waals surface area contributed by atoms with Crippen LogP contribution in [0.1, 0.15) is 25.7 Å². The summed E-state index contributed by atoms with van der Waals surface area (Å²) < 4.78 is 10.9. The van der Waals surface area contributed by atoms with Crippen LogP contribution < -0.4 is 10.1 Å². The smallest absolute Gasteiger partial charge is 0.227 e. The van der Waals surface area contributed by atoms with Crippen molar-refractivity contribution in [1.29, 1.82) is 0 Å². The Hall–Kier alpha value is -3.22. The third kappa shape index (κ3) is 4.66. The molecule has 0 atom stereocenters. The number of hydrogen-bond donors (Lipinski definition) is 1. The fraction of sp³-hybridized carbons (Fsp3) is 0.263. The van der Waals surface area contributed by atoms with Gasteiger partial charge in [-0.3, -0.25) is 9.78 Å². The maximum Gasteiger partial charge on any atom is 0.227 e. The van der Waals surface area contributed by atoms with Gasteiger partial charge in [-0.1, -0.05) is 24.2 Å². The zero-order chi connectivity index (χ0) is 18.2. The molecule has 0 radical (unpaired) electrons. The topological polar surface area (TPSA) is 90.1 Å². The van der Waals surface area contributed by atoms with E-state index in [1.165, 1.54) is 0 Å². The third-order valence-electron chi connectivity index (χ3n) is 3.60. The molecule has 0 unspecified atom stereocenters. The molecule has 2 aromatic heterocycles. The minimum absolute atomic E-state index is 0.138. The second kappa shape index (κ2) is 8.75. The second-order valence-electron chi connectivity index (χ2n) is 5.64. The monoisotopic (exact) mass is 352 g/mol. The molecule has 0 bridgehead atoms. The van der Waals surface area contributed by atoms with Gasteiger partial charge in [0.2, 0.25) is 17.6 Å². The van der Waals surface area contributed by atoms with Gasteiger partial charge in [-0.2, -0.15) is 4.98 Å². The number of carbonyl (C=O) groups is 1. The highest BCUT2D eigenvalue weighted by Crippen LogP contribution is 2.24. The van der Waals surface area contributed by atoms with Crippen molar-refractivity contribution in [2.75, 3.05) is 11.9 Å². The predicted octanol–water partition coefficient (Wildman–Crippen LogP) is 3.49. The molecule has 2 heterocycles. The zero-order valence-electron chi connectivity index (χ0n) is 14.5. The number of ether oxygens (including phenoxy) is 1. The number of nitrogens with zero attached hydrogens (tertiary/aromatic N) is 3. The number of benzene rings is 1. The minimum atomic E-state index is -0.138. The SMILES string of the molecule is CCCOc1ccccc1NC(=O)CCc1nc(-c2ccncc2)no1. The number of rotatable bonds is 8. The van der Waals surface area contributed by atoms with Crippen LogP contribution in [0.3, 0.4) is 0 Å². The molecule has 0 saturated carbocycles. The highest BCUT2D eigenvalue weighted by atomic mass is 16.5. The molecule has 3 rings (SSSR count). The van der Waals surface area contributed by atoms with Gasteiger partial charge in [0.05, 0.1) is 12.3 Å². The molecule has 26 heavy (non-hydrogen) atoms. The van der Waals surface area contributed by atoms with Crippen LogP contribution in [0.25, 0.3) is 11.4 Å². The Balaban J connectivity index is 1.56. The molecule has 134 valence electrons. The van der Waals surface area contributed by atoms with E-state index < -0.39 is 0 Å². The molecule has 7 heteroatoms. The Morgan fingerprint density at radius 1 is 1.19 bits per heavy atom. The van der Waals surface area contributed by atoms with Crippen molar-refractivity contribution in [1.82, 2.24) is 15.1 Å². The normalized spacial score (nSPS) is 10.5. The largest absolute Gasteiger partial charge is 0.491 e. The van der Waals surface area contributed by atoms with E-state index in [2.05, 4.69) is 20.4 Å². The lowest BCUT2D eigenvalue weighted by Gasteiger charge is -2.11. The quantitative estimate of drug-likeness (QED) is 0.667. The number of amides is 1. The second-order valence-corrected chi connectivity index (χ2v) is 5.64. The van der Waals surface area contributed by atoms with Gasteiger partial charge in [-0.25, -0.2) is 0 Å². The fourth-order valence-electron chi connectivity index (χ4n) is 2.32. The van der Waals surface area contributed by atoms with Gasteiger partial charge in [0.1, 0.15) is 5.75 Å². The van der Waals surface area contributed by atoms with Crippen LogP contribution in [0.5, 0.6) is 5.75 Å². The number of aromatic nitrogens is 3. The molecule has 0 aliphatic carbocycles. The maximum atomic E-state index is 12.2. The Morgan fingerprint density at radius 3 is 2.81 bits per heavy atom. The molecule has 3 aromatic rings. The Kier molecular flexibility index (Phi) is 5.92. The summed E-state index contributed by atoms with van der Waals surface area (Å²) in [6.07, 6.45) is 4.83. The van der Waals surface area contributed by atoms with Gasteiger partial charge in [0.15, 0.2) is 0 Å². The van der Waals surface area contributed by atoms with Crippen LogP contribution in [-0.4, -0.2) is 27.6 Å². The number of aryl methyl sites for hydroxylation is 1. The first kappa shape index (κ1) is 17.6. The molecule has 0 aliphatic heterocycles. The van der Waals surface area contributed by atoms with E-state index in [4.69, 9.17) is 9.26 Å². The lowest BCUT2D eigenvalue weighted by atomic mass is 10.2. The minimum Gasteiger partial charge on any atom is -0.491 e. The zero-order valence-corrected chi connectivity index (χ0v) is 14.5. The Morgan fingerprint density at radius 2 is 2.00 bits per heavy atom. The molecule has 0 saturated heterocycles. The Bertz CT molecular complexity index is 849. The molecule has 1 N–H and O–H groups in total. The van der Waals surface area contributed by atoms with Crippen LogP contribution in [0.2, 0.25) is 0 Å². The average Bonchev–Trinajstić information content (AvgIpc) is 3.15. The highest BCUT2D eigenvalue weighted by Gasteiger charge is 2.12. The van der Waals surface area contributed by atoms with Gasteiger partial charge in [-0.15, -0.1) is 0 Å². The maximum absolute atomic E-state index is 12.2. The number of nitrogens with one attached hydrogen (secondary N) is 1. The van der Waals surface area contributed by atoms with E-state index in [0.29, 0.717) is 36.2 Å². The summed E-state index contributed by atoms with van der Waals surface area (Å²) in [5.41, 5.74) is 1.48. The van der Waals surface area contributed by atoms with Crippen LogP contribution in [-0.2, 0) is 11.2 Å². The molecule has 1 amide bonds. The number of pyridine rings is 1. The standard InChI is InChI=1S/C19H20N4O3/c1-2-13-25-16-6-4-3-5-15(16)21-17(24)7-8-18-22-19(23-26-18)14-9-11-20-12-10-14/h3-6,9-12H,2,7-8,13H2,1H3,(H,21,24). The van der Waals surface area contributed by atoms with Crippen molar-refractivity contribution in [3.05, 3.63) is 54.7 Å². The van der Waals surface area contributed by atoms with Crippen molar-refractivity contribution in [2.24, 2.45) is 0 Å². The highest BCUT2D eigenvalue weighted by molar-refractivity contribution is 5.92. The van der Waals surface area contributed by atoms with Gasteiger partial charge >= 0.3 is 0 Å². The first-order valence-electron chi connectivity index (χ1n) is 8.51. The summed E-state index contributed by atoms with van der Waals surface area (Å²) in [6, 6.07) is 11.0. The fourth-order valence-corrected chi connectivity index (χ4v) is 2.32. The summed E-state index contributed by atoms with van der Waals surface area (Å²) in [7, 11) is 0. The molecule has 7 nitrogen and oxygen atoms in total. The number of anilines is 1. The van der Waals surface area contributed by atoms with Gasteiger partial charge in [0, 0.05) is 30.8 Å². The number of hydrogen-bond acceptors (Lipinski definition) is 6. The molecule has 0 aliphatic rings. The van der Waals surface area contributed by atoms with Crippen LogP contribution in [0, 0.1) is 0 Å². The first-order chi connectivity index (χ1) is 12.8. The van der Waals surface area contributed by atoms with Gasteiger partial charge in [0.25, 0.3) is 0 Å². The van der Waals surface area contributed by atoms with Crippen LogP contribution in [0.15, 0.2) is 53.3 Å². The van der Waals surface area contributed by atoms with E-state index in [1.54, 1.807) is 24.5 Å². The van der Waals surface area contributed by atoms with E-state index in [9.17, 15) is 4.79 Å². The molecule has 0 fully saturated rings. The number of para-hydroxylation sites is 2. The van der Waals surface area contributed by atoms with Crippen LogP contribution >= 0.6 is 0 Å². The molecule has 0 spiro atoms. The van der Waals surface area contributed by atoms with Crippen molar-refractivity contribution in [3.63, 3.8) is 0 Å². The number of carbonyl (C=O) groups excluding carboxylic acids is 1. The summed E-state index contributed by atoms with van der Waals surface area (Å²) in [5, 5.41) is 6.80. The molecule has 1 aromatic carbocycles. The Labute approximate surface area is 151 Å². The van der Waals surface area contributed by atoms with Crippen molar-refractivity contribution < 1.29 is 14.1 Å². The summed E-state index contributed by atoms with van der Waals surface area (Å²) in [4.78, 5) is 20.5. The van der Waals surface area contributed by atoms with Crippen molar-refractivity contribution in [2.45, 2.75) is 26.2 Å². The van der Waals surface area contributed by atoms with Gasteiger partial charge < -0.3 is 14.6 Å². The van der Waals surface area contributed by atoms with E-state index >= 15 is 0 Å². The van der Waals surface area contributed by atoms with Crippen molar-refractivity contribution >= 4 is 11.6 Å². The molecular weight excluding hydrogens is 332 g/mol. The summed E-state index contributed by atoms with van der Waals surface area (Å²) >= 11 is 0. The molecular formula is C19H20N4O3. The predicted molar refractivity (Wildman–Crippen MR) is 96.7 cm³/mol. The summed E-state index contributed by atoms with van der Waals surface area (Å²) in [5.74, 6) is 1.44. The van der Waals surface area contributed by atoms with E-state index in [1.807, 2.05) is 31.2 Å². The van der Waals surface area contributed by atoms with Crippen LogP contribution in [0.4, 0.5) is 5.69 Å². The van der Waals surface area contributed by atoms with Gasteiger partial charge in [-0.05, 0) is 30.7 Å². The van der Waals surface area contributed by atoms with E-state index in [0.717, 1.165) is 12.0 Å². The van der Waals surface area contributed by atoms with Crippen molar-refractivity contribution in [3.8, 4) is 17.1 Å². The first-order valence-corrected chi connectivity index (χ1v) is 8.51. The van der Waals surface area contributed by atoms with E-state index in [-0.39, 0.29) is 12.3 Å². The third-order valence-corrected chi connectivity index (χ3v) is 3.60. The lowest BCUT2D eigenvalue weighted by Crippen LogP contribution is -2.13. The lowest BCUT2D eigenvalue weighted by molar-refractivity contribution is -0.116.